The lowest BCUT2D eigenvalue weighted by atomic mass is 10.1. The van der Waals surface area contributed by atoms with Gasteiger partial charge in [-0.2, -0.15) is 0 Å². The number of aliphatic hydroxyl groups excluding tert-OH is 1. The van der Waals surface area contributed by atoms with Crippen LogP contribution in [0.25, 0.3) is 0 Å². The molecule has 21 heavy (non-hydrogen) atoms. The zero-order valence-electron chi connectivity index (χ0n) is 12.2. The molecule has 0 aliphatic carbocycles. The van der Waals surface area contributed by atoms with E-state index in [9.17, 15) is 9.50 Å². The van der Waals surface area contributed by atoms with Gasteiger partial charge in [0.25, 0.3) is 0 Å². The van der Waals surface area contributed by atoms with E-state index in [-0.39, 0.29) is 19.0 Å². The maximum Gasteiger partial charge on any atom is 0.128 e. The Bertz CT molecular complexity index is 596. The lowest BCUT2D eigenvalue weighted by Crippen LogP contribution is -2.01. The van der Waals surface area contributed by atoms with Gasteiger partial charge in [-0.25, -0.2) is 4.39 Å². The Morgan fingerprint density at radius 2 is 1.81 bits per heavy atom. The zero-order valence-corrected chi connectivity index (χ0v) is 12.2. The van der Waals surface area contributed by atoms with Gasteiger partial charge in [0.2, 0.25) is 0 Å². The Morgan fingerprint density at radius 1 is 1.10 bits per heavy atom. The lowest BCUT2D eigenvalue weighted by Gasteiger charge is -2.13. The molecule has 2 aromatic rings. The number of ether oxygens (including phenoxy) is 2. The first-order valence-electron chi connectivity index (χ1n) is 6.78. The molecule has 0 bridgehead atoms. The fourth-order valence-electron chi connectivity index (χ4n) is 2.06. The van der Waals surface area contributed by atoms with Crippen molar-refractivity contribution in [3.8, 4) is 5.75 Å². The number of benzene rings is 2. The predicted molar refractivity (Wildman–Crippen MR) is 78.5 cm³/mol. The van der Waals surface area contributed by atoms with Crippen LogP contribution in [0, 0.1) is 5.82 Å². The number of rotatable bonds is 6. The van der Waals surface area contributed by atoms with Gasteiger partial charge < -0.3 is 14.6 Å². The van der Waals surface area contributed by atoms with Gasteiger partial charge in [-0.3, -0.25) is 0 Å². The molecule has 112 valence electrons. The van der Waals surface area contributed by atoms with Crippen LogP contribution in [-0.2, 0) is 18.0 Å². The highest BCUT2D eigenvalue weighted by atomic mass is 19.1. The molecule has 0 amide bonds. The highest BCUT2D eigenvalue weighted by Gasteiger charge is 2.08. The maximum atomic E-state index is 13.5. The van der Waals surface area contributed by atoms with Gasteiger partial charge in [0.1, 0.15) is 11.6 Å². The summed E-state index contributed by atoms with van der Waals surface area (Å²) in [5.74, 6) is 0.412. The summed E-state index contributed by atoms with van der Waals surface area (Å²) in [6, 6.07) is 12.0. The van der Waals surface area contributed by atoms with E-state index in [0.29, 0.717) is 11.3 Å². The van der Waals surface area contributed by atoms with Gasteiger partial charge in [0.15, 0.2) is 0 Å². The normalized spacial score (nSPS) is 12.2. The number of halogens is 1. The summed E-state index contributed by atoms with van der Waals surface area (Å²) in [5, 5.41) is 9.62. The number of hydrogen-bond acceptors (Lipinski definition) is 3. The third kappa shape index (κ3) is 4.03. The molecule has 0 aromatic heterocycles. The van der Waals surface area contributed by atoms with Gasteiger partial charge in [-0.1, -0.05) is 24.3 Å². The van der Waals surface area contributed by atoms with E-state index in [1.54, 1.807) is 38.3 Å². The van der Waals surface area contributed by atoms with Crippen molar-refractivity contribution in [3.63, 3.8) is 0 Å². The van der Waals surface area contributed by atoms with E-state index in [1.165, 1.54) is 6.07 Å². The van der Waals surface area contributed by atoms with Gasteiger partial charge in [0, 0.05) is 11.1 Å². The van der Waals surface area contributed by atoms with E-state index in [4.69, 9.17) is 9.47 Å². The van der Waals surface area contributed by atoms with Crippen LogP contribution in [0.3, 0.4) is 0 Å². The van der Waals surface area contributed by atoms with Crippen molar-refractivity contribution >= 4 is 0 Å². The van der Waals surface area contributed by atoms with Gasteiger partial charge in [-0.15, -0.1) is 0 Å². The van der Waals surface area contributed by atoms with Crippen molar-refractivity contribution in [2.45, 2.75) is 26.2 Å². The Morgan fingerprint density at radius 3 is 2.48 bits per heavy atom. The molecule has 0 saturated carbocycles. The van der Waals surface area contributed by atoms with Gasteiger partial charge in [-0.05, 0) is 30.7 Å². The maximum absolute atomic E-state index is 13.5. The average Bonchev–Trinajstić information content (AvgIpc) is 2.49. The first-order chi connectivity index (χ1) is 10.1. The van der Waals surface area contributed by atoms with Crippen molar-refractivity contribution in [3.05, 3.63) is 65.0 Å². The van der Waals surface area contributed by atoms with Crippen LogP contribution >= 0.6 is 0 Å². The highest BCUT2D eigenvalue weighted by Crippen LogP contribution is 2.24. The Kier molecular flexibility index (Phi) is 5.31. The summed E-state index contributed by atoms with van der Waals surface area (Å²) < 4.78 is 24.3. The van der Waals surface area contributed by atoms with Crippen molar-refractivity contribution in [1.29, 1.82) is 0 Å². The molecule has 0 aliphatic rings. The van der Waals surface area contributed by atoms with Crippen LogP contribution in [0.4, 0.5) is 4.39 Å². The number of hydrogen-bond donors (Lipinski definition) is 1. The number of methoxy groups -OCH3 is 1. The molecule has 4 heteroatoms. The molecule has 2 rings (SSSR count). The zero-order chi connectivity index (χ0) is 15.2. The van der Waals surface area contributed by atoms with E-state index in [2.05, 4.69) is 0 Å². The van der Waals surface area contributed by atoms with Gasteiger partial charge >= 0.3 is 0 Å². The van der Waals surface area contributed by atoms with E-state index < -0.39 is 6.10 Å². The molecular weight excluding hydrogens is 271 g/mol. The Balaban J connectivity index is 2.05. The molecule has 2 aromatic carbocycles. The fourth-order valence-corrected chi connectivity index (χ4v) is 2.06. The lowest BCUT2D eigenvalue weighted by molar-refractivity contribution is 0.103. The van der Waals surface area contributed by atoms with Crippen LogP contribution < -0.4 is 4.74 Å². The summed E-state index contributed by atoms with van der Waals surface area (Å²) in [6.45, 7) is 2.18. The summed E-state index contributed by atoms with van der Waals surface area (Å²) in [5.41, 5.74) is 2.13. The molecule has 1 atom stereocenters. The van der Waals surface area contributed by atoms with E-state index in [0.717, 1.165) is 11.1 Å². The molecule has 0 spiro atoms. The molecule has 0 fully saturated rings. The first kappa shape index (κ1) is 15.5. The van der Waals surface area contributed by atoms with Crippen LogP contribution in [-0.4, -0.2) is 12.2 Å². The monoisotopic (exact) mass is 290 g/mol. The highest BCUT2D eigenvalue weighted by molar-refractivity contribution is 5.37. The third-order valence-corrected chi connectivity index (χ3v) is 3.26. The average molecular weight is 290 g/mol. The van der Waals surface area contributed by atoms with Crippen molar-refractivity contribution in [1.82, 2.24) is 0 Å². The SMILES string of the molecule is COc1ccc(C(C)O)cc1COCc1ccccc1F. The van der Waals surface area contributed by atoms with E-state index in [1.807, 2.05) is 12.1 Å². The molecule has 1 N–H and O–H groups in total. The molecule has 0 aliphatic heterocycles. The Hall–Kier alpha value is -1.91. The van der Waals surface area contributed by atoms with Crippen LogP contribution in [0.5, 0.6) is 5.75 Å². The Labute approximate surface area is 124 Å². The fraction of sp³-hybridized carbons (Fsp3) is 0.294. The minimum Gasteiger partial charge on any atom is -0.496 e. The largest absolute Gasteiger partial charge is 0.496 e. The van der Waals surface area contributed by atoms with Crippen molar-refractivity contribution in [2.75, 3.05) is 7.11 Å². The molecule has 1 unspecified atom stereocenters. The summed E-state index contributed by atoms with van der Waals surface area (Å²) in [6.07, 6.45) is -0.554. The van der Waals surface area contributed by atoms with Crippen LogP contribution in [0.15, 0.2) is 42.5 Å². The quantitative estimate of drug-likeness (QED) is 0.883. The van der Waals surface area contributed by atoms with Crippen molar-refractivity contribution < 1.29 is 19.0 Å². The van der Waals surface area contributed by atoms with Crippen LogP contribution in [0.2, 0.25) is 0 Å². The third-order valence-electron chi connectivity index (χ3n) is 3.26. The summed E-state index contributed by atoms with van der Waals surface area (Å²) in [7, 11) is 1.58. The second-order valence-corrected chi connectivity index (χ2v) is 4.83. The molecule has 0 saturated heterocycles. The minimum atomic E-state index is -0.554. The molecule has 0 radical (unpaired) electrons. The second-order valence-electron chi connectivity index (χ2n) is 4.83. The minimum absolute atomic E-state index is 0.189. The molecular formula is C17H19FO3. The standard InChI is InChI=1S/C17H19FO3/c1-12(19)13-7-8-17(20-2)15(9-13)11-21-10-14-5-3-4-6-16(14)18/h3-9,12,19H,10-11H2,1-2H3. The summed E-state index contributed by atoms with van der Waals surface area (Å²) >= 11 is 0. The second kappa shape index (κ2) is 7.20. The van der Waals surface area contributed by atoms with Gasteiger partial charge in [0.05, 0.1) is 26.4 Å². The molecule has 0 heterocycles. The van der Waals surface area contributed by atoms with Crippen molar-refractivity contribution in [2.24, 2.45) is 0 Å². The first-order valence-corrected chi connectivity index (χ1v) is 6.78. The molecule has 3 nitrogen and oxygen atoms in total. The smallest absolute Gasteiger partial charge is 0.128 e. The number of aliphatic hydroxyl groups is 1. The van der Waals surface area contributed by atoms with Crippen LogP contribution in [0.1, 0.15) is 29.7 Å². The summed E-state index contributed by atoms with van der Waals surface area (Å²) in [4.78, 5) is 0. The van der Waals surface area contributed by atoms with E-state index >= 15 is 0 Å². The predicted octanol–water partition coefficient (Wildman–Crippen LogP) is 3.60. The topological polar surface area (TPSA) is 38.7 Å².